The second-order valence-corrected chi connectivity index (χ2v) is 5.74. The lowest BCUT2D eigenvalue weighted by atomic mass is 9.96. The summed E-state index contributed by atoms with van der Waals surface area (Å²) in [5.74, 6) is 0.115. The molecule has 0 aromatic heterocycles. The van der Waals surface area contributed by atoms with Gasteiger partial charge in [-0.3, -0.25) is 9.59 Å². The van der Waals surface area contributed by atoms with Crippen molar-refractivity contribution >= 4 is 11.8 Å². The highest BCUT2D eigenvalue weighted by Gasteiger charge is 2.29. The number of esters is 1. The van der Waals surface area contributed by atoms with Gasteiger partial charge in [0.1, 0.15) is 6.54 Å². The van der Waals surface area contributed by atoms with E-state index in [4.69, 9.17) is 4.74 Å². The van der Waals surface area contributed by atoms with Crippen LogP contribution in [0.4, 0.5) is 0 Å². The first-order chi connectivity index (χ1) is 10.1. The van der Waals surface area contributed by atoms with Gasteiger partial charge < -0.3 is 9.64 Å². The number of benzene rings is 1. The number of piperidine rings is 1. The van der Waals surface area contributed by atoms with Crippen molar-refractivity contribution in [3.63, 3.8) is 0 Å². The molecule has 0 unspecified atom stereocenters. The molecule has 0 bridgehead atoms. The summed E-state index contributed by atoms with van der Waals surface area (Å²) in [4.78, 5) is 25.2. The van der Waals surface area contributed by atoms with Crippen LogP contribution in [0, 0.1) is 12.8 Å². The number of carbonyl (C=O) groups is 2. The third-order valence-electron chi connectivity index (χ3n) is 4.10. The van der Waals surface area contributed by atoms with Gasteiger partial charge in [0.05, 0.1) is 25.6 Å². The van der Waals surface area contributed by atoms with E-state index in [1.54, 1.807) is 0 Å². The van der Waals surface area contributed by atoms with E-state index in [0.717, 1.165) is 37.1 Å². The number of aryl methyl sites for hydroxylation is 1. The van der Waals surface area contributed by atoms with E-state index in [9.17, 15) is 9.59 Å². The summed E-state index contributed by atoms with van der Waals surface area (Å²) in [7, 11) is 0. The second kappa shape index (κ2) is 7.36. The van der Waals surface area contributed by atoms with Crippen LogP contribution in [0.1, 0.15) is 35.7 Å². The van der Waals surface area contributed by atoms with E-state index in [2.05, 4.69) is 0 Å². The van der Waals surface area contributed by atoms with Gasteiger partial charge >= 0.3 is 5.97 Å². The molecule has 1 saturated heterocycles. The number of hydrogen-bond acceptors (Lipinski definition) is 3. The van der Waals surface area contributed by atoms with Crippen LogP contribution in [-0.4, -0.2) is 38.0 Å². The van der Waals surface area contributed by atoms with Gasteiger partial charge in [-0.15, -0.1) is 0 Å². The van der Waals surface area contributed by atoms with Gasteiger partial charge in [0.25, 0.3) is 0 Å². The minimum absolute atomic E-state index is 0.0168. The van der Waals surface area contributed by atoms with Crippen molar-refractivity contribution in [3.05, 3.63) is 35.4 Å². The highest BCUT2D eigenvalue weighted by molar-refractivity contribution is 5.96. The summed E-state index contributed by atoms with van der Waals surface area (Å²) in [5.41, 5.74) is 1.94. The summed E-state index contributed by atoms with van der Waals surface area (Å²) in [6.07, 6.45) is 1.63. The Balaban J connectivity index is 1.82. The smallest absolute Gasteiger partial charge is 0.309 e. The van der Waals surface area contributed by atoms with Crippen molar-refractivity contribution in [1.29, 1.82) is 0 Å². The number of ketones is 1. The Hall–Kier alpha value is -1.68. The van der Waals surface area contributed by atoms with Crippen molar-refractivity contribution < 1.29 is 19.2 Å². The van der Waals surface area contributed by atoms with Crippen LogP contribution in [0.3, 0.4) is 0 Å². The Morgan fingerprint density at radius 3 is 2.38 bits per heavy atom. The fourth-order valence-electron chi connectivity index (χ4n) is 2.77. The summed E-state index contributed by atoms with van der Waals surface area (Å²) in [6, 6.07) is 7.72. The molecule has 0 saturated carbocycles. The number of Topliss-reactive ketones (excluding diaryl/α,β-unsaturated/α-hetero) is 1. The van der Waals surface area contributed by atoms with Gasteiger partial charge in [0.15, 0.2) is 0 Å². The van der Waals surface area contributed by atoms with E-state index >= 15 is 0 Å². The molecule has 0 spiro atoms. The predicted molar refractivity (Wildman–Crippen MR) is 80.4 cm³/mol. The van der Waals surface area contributed by atoms with Crippen LogP contribution < -0.4 is 4.90 Å². The van der Waals surface area contributed by atoms with Crippen LogP contribution >= 0.6 is 0 Å². The minimum Gasteiger partial charge on any atom is -0.466 e. The largest absolute Gasteiger partial charge is 0.466 e. The maximum atomic E-state index is 12.2. The molecule has 1 aliphatic heterocycles. The zero-order valence-corrected chi connectivity index (χ0v) is 12.9. The van der Waals surface area contributed by atoms with Crippen molar-refractivity contribution in [2.75, 3.05) is 26.2 Å². The van der Waals surface area contributed by atoms with Crippen molar-refractivity contribution in [2.45, 2.75) is 26.7 Å². The molecule has 0 atom stereocenters. The van der Waals surface area contributed by atoms with Gasteiger partial charge in [-0.2, -0.15) is 0 Å². The second-order valence-electron chi connectivity index (χ2n) is 5.74. The first kappa shape index (κ1) is 15.7. The maximum absolute atomic E-state index is 12.2. The lowest BCUT2D eigenvalue weighted by Gasteiger charge is -2.27. The lowest BCUT2D eigenvalue weighted by Crippen LogP contribution is -3.14. The van der Waals surface area contributed by atoms with Crippen LogP contribution in [-0.2, 0) is 9.53 Å². The molecule has 0 aliphatic carbocycles. The van der Waals surface area contributed by atoms with Gasteiger partial charge in [0, 0.05) is 18.4 Å². The van der Waals surface area contributed by atoms with Gasteiger partial charge in [-0.25, -0.2) is 0 Å². The van der Waals surface area contributed by atoms with Gasteiger partial charge in [-0.1, -0.05) is 29.8 Å². The quantitative estimate of drug-likeness (QED) is 0.651. The number of nitrogens with one attached hydrogen (secondary N) is 1. The molecule has 1 heterocycles. The third-order valence-corrected chi connectivity index (χ3v) is 4.10. The molecular formula is C17H24NO3+. The van der Waals surface area contributed by atoms with Crippen LogP contribution in [0.5, 0.6) is 0 Å². The Kier molecular flexibility index (Phi) is 5.51. The van der Waals surface area contributed by atoms with E-state index < -0.39 is 0 Å². The number of rotatable bonds is 5. The number of quaternary nitrogens is 1. The highest BCUT2D eigenvalue weighted by atomic mass is 16.5. The highest BCUT2D eigenvalue weighted by Crippen LogP contribution is 2.11. The summed E-state index contributed by atoms with van der Waals surface area (Å²) in [5, 5.41) is 0. The maximum Gasteiger partial charge on any atom is 0.309 e. The van der Waals surface area contributed by atoms with Crippen molar-refractivity contribution in [2.24, 2.45) is 5.92 Å². The topological polar surface area (TPSA) is 47.8 Å². The fourth-order valence-corrected chi connectivity index (χ4v) is 2.77. The Bertz CT molecular complexity index is 487. The van der Waals surface area contributed by atoms with E-state index in [1.807, 2.05) is 38.1 Å². The monoisotopic (exact) mass is 290 g/mol. The molecule has 2 rings (SSSR count). The molecule has 0 amide bonds. The normalized spacial score (nSPS) is 21.8. The van der Waals surface area contributed by atoms with Crippen LogP contribution in [0.25, 0.3) is 0 Å². The van der Waals surface area contributed by atoms with Gasteiger partial charge in [0.2, 0.25) is 5.78 Å². The van der Waals surface area contributed by atoms with E-state index in [-0.39, 0.29) is 17.7 Å². The molecular weight excluding hydrogens is 266 g/mol. The zero-order valence-electron chi connectivity index (χ0n) is 12.9. The van der Waals surface area contributed by atoms with E-state index in [1.165, 1.54) is 4.90 Å². The van der Waals surface area contributed by atoms with Crippen molar-refractivity contribution in [3.8, 4) is 0 Å². The zero-order chi connectivity index (χ0) is 15.2. The van der Waals surface area contributed by atoms with E-state index in [0.29, 0.717) is 13.2 Å². The average Bonchev–Trinajstić information content (AvgIpc) is 2.49. The summed E-state index contributed by atoms with van der Waals surface area (Å²) >= 11 is 0. The molecule has 1 aromatic rings. The van der Waals surface area contributed by atoms with Gasteiger partial charge in [-0.05, 0) is 13.8 Å². The number of carbonyl (C=O) groups excluding carboxylic acids is 2. The first-order valence-electron chi connectivity index (χ1n) is 7.70. The van der Waals surface area contributed by atoms with Crippen molar-refractivity contribution in [1.82, 2.24) is 0 Å². The third kappa shape index (κ3) is 4.39. The lowest BCUT2D eigenvalue weighted by molar-refractivity contribution is -0.897. The molecule has 114 valence electrons. The number of likely N-dealkylation sites (tertiary alicyclic amines) is 1. The average molecular weight is 290 g/mol. The number of hydrogen-bond donors (Lipinski definition) is 1. The molecule has 1 aliphatic rings. The van der Waals surface area contributed by atoms with Crippen LogP contribution in [0.2, 0.25) is 0 Å². The fraction of sp³-hybridized carbons (Fsp3) is 0.529. The molecule has 21 heavy (non-hydrogen) atoms. The Morgan fingerprint density at radius 1 is 1.19 bits per heavy atom. The standard InChI is InChI=1S/C17H23NO3/c1-3-21-17(20)15-8-10-18(11-9-15)12-16(19)14-6-4-13(2)5-7-14/h4-7,15H,3,8-12H2,1-2H3/p+1. The molecule has 4 heteroatoms. The Labute approximate surface area is 126 Å². The molecule has 0 radical (unpaired) electrons. The summed E-state index contributed by atoms with van der Waals surface area (Å²) in [6.45, 7) is 6.52. The minimum atomic E-state index is -0.0820. The first-order valence-corrected chi connectivity index (χ1v) is 7.70. The summed E-state index contributed by atoms with van der Waals surface area (Å²) < 4.78 is 5.06. The molecule has 4 nitrogen and oxygen atoms in total. The number of ether oxygens (including phenoxy) is 1. The molecule has 1 aromatic carbocycles. The predicted octanol–water partition coefficient (Wildman–Crippen LogP) is 1.04. The molecule has 1 fully saturated rings. The molecule has 1 N–H and O–H groups in total. The Morgan fingerprint density at radius 2 is 1.81 bits per heavy atom. The van der Waals surface area contributed by atoms with Crippen LogP contribution in [0.15, 0.2) is 24.3 Å². The SMILES string of the molecule is CCOC(=O)C1CC[NH+](CC(=O)c2ccc(C)cc2)CC1.